The molecule has 0 saturated carbocycles. The van der Waals surface area contributed by atoms with Gasteiger partial charge in [-0.25, -0.2) is 0 Å². The lowest BCUT2D eigenvalue weighted by Crippen LogP contribution is -2.57. The number of cyclic esters (lactones) is 1. The fourth-order valence-corrected chi connectivity index (χ4v) is 6.21. The fourth-order valence-electron chi connectivity index (χ4n) is 6.21. The van der Waals surface area contributed by atoms with E-state index in [1.54, 1.807) is 17.1 Å². The van der Waals surface area contributed by atoms with Crippen LogP contribution < -0.4 is 5.32 Å². The number of hydrogen-bond acceptors (Lipinski definition) is 7. The van der Waals surface area contributed by atoms with Crippen molar-refractivity contribution in [2.75, 3.05) is 26.2 Å². The van der Waals surface area contributed by atoms with E-state index in [0.29, 0.717) is 12.0 Å². The highest BCUT2D eigenvalue weighted by molar-refractivity contribution is 5.99. The van der Waals surface area contributed by atoms with E-state index >= 15 is 0 Å². The number of benzene rings is 1. The number of esters is 1. The number of rotatable bonds is 4. The number of aliphatic hydroxyl groups is 1. The largest absolute Gasteiger partial charge is 0.455 e. The molecule has 208 valence electrons. The summed E-state index contributed by atoms with van der Waals surface area (Å²) in [4.78, 5) is 57.2. The Balaban J connectivity index is 1.55. The van der Waals surface area contributed by atoms with Gasteiger partial charge in [0.05, 0.1) is 25.2 Å². The molecule has 2 saturated heterocycles. The number of hydrogen-bond donors (Lipinski definition) is 2. The van der Waals surface area contributed by atoms with Gasteiger partial charge in [0.2, 0.25) is 17.7 Å². The van der Waals surface area contributed by atoms with Crippen molar-refractivity contribution in [1.29, 1.82) is 0 Å². The van der Waals surface area contributed by atoms with Gasteiger partial charge in [-0.3, -0.25) is 19.2 Å². The highest BCUT2D eigenvalue weighted by atomic mass is 16.6. The Labute approximate surface area is 227 Å². The summed E-state index contributed by atoms with van der Waals surface area (Å²) in [6.45, 7) is 3.74. The quantitative estimate of drug-likeness (QED) is 0.436. The van der Waals surface area contributed by atoms with E-state index in [1.807, 2.05) is 56.3 Å². The predicted octanol–water partition coefficient (Wildman–Crippen LogP) is 1.12. The third-order valence-electron chi connectivity index (χ3n) is 8.05. The fraction of sp³-hybridized carbons (Fsp3) is 0.517. The van der Waals surface area contributed by atoms with Crippen LogP contribution in [0.5, 0.6) is 0 Å². The van der Waals surface area contributed by atoms with Gasteiger partial charge in [-0.1, -0.05) is 54.6 Å². The van der Waals surface area contributed by atoms with Crippen LogP contribution in [-0.4, -0.2) is 88.6 Å². The SMILES string of the molecule is CC(C)N1C/C=C\CCC(=O)NC[C@H](c2ccccc2)OC(=O)[C@@H]2[C@H]3C(=O)N(CCO)[C@H](C1=O)[C@]31C=C[C@H]2O1. The van der Waals surface area contributed by atoms with Gasteiger partial charge in [0.1, 0.15) is 23.7 Å². The number of nitrogens with zero attached hydrogens (tertiary/aromatic N) is 2. The Bertz CT molecular complexity index is 1180. The highest BCUT2D eigenvalue weighted by Crippen LogP contribution is 2.55. The van der Waals surface area contributed by atoms with Crippen molar-refractivity contribution in [3.05, 3.63) is 60.2 Å². The average Bonchev–Trinajstić information content (AvgIpc) is 3.56. The number of nitrogens with one attached hydrogen (secondary N) is 1. The van der Waals surface area contributed by atoms with Crippen LogP contribution in [0, 0.1) is 11.8 Å². The van der Waals surface area contributed by atoms with E-state index < -0.39 is 47.6 Å². The Morgan fingerprint density at radius 1 is 1.10 bits per heavy atom. The minimum absolute atomic E-state index is 0.0580. The molecule has 0 radical (unpaired) electrons. The number of carbonyl (C=O) groups excluding carboxylic acids is 4. The van der Waals surface area contributed by atoms with Gasteiger partial charge in [-0.15, -0.1) is 0 Å². The smallest absolute Gasteiger partial charge is 0.313 e. The lowest BCUT2D eigenvalue weighted by molar-refractivity contribution is -0.160. The molecule has 5 bridgehead atoms. The lowest BCUT2D eigenvalue weighted by atomic mass is 9.74. The summed E-state index contributed by atoms with van der Waals surface area (Å²) in [5.41, 5.74) is -0.627. The molecular formula is C29H35N3O7. The number of aliphatic hydroxyl groups excluding tert-OH is 1. The Kier molecular flexibility index (Phi) is 7.59. The van der Waals surface area contributed by atoms with Crippen LogP contribution in [0.25, 0.3) is 0 Å². The summed E-state index contributed by atoms with van der Waals surface area (Å²) in [5, 5.41) is 12.6. The lowest BCUT2D eigenvalue weighted by Gasteiger charge is -2.37. The standard InChI is InChI=1S/C29H35N3O7/c1-18(2)31-14-8-4-7-11-22(34)30-17-21(19-9-5-3-6-10-19)38-28(37)23-20-12-13-29(39-20)24(23)26(35)32(15-16-33)25(29)27(31)36/h3-6,8-10,12-13,18,20-21,23-25,33H,7,11,14-17H2,1-2H3,(H,30,34)/b8-4-/t20-,21-,23+,24+,25-,29+/m1/s1. The minimum atomic E-state index is -1.33. The molecule has 4 heterocycles. The van der Waals surface area contributed by atoms with Crippen molar-refractivity contribution in [2.24, 2.45) is 11.8 Å². The van der Waals surface area contributed by atoms with E-state index in [9.17, 15) is 24.3 Å². The molecule has 6 atom stereocenters. The molecule has 0 unspecified atom stereocenters. The van der Waals surface area contributed by atoms with Crippen LogP contribution in [0.2, 0.25) is 0 Å². The zero-order valence-electron chi connectivity index (χ0n) is 22.2. The van der Waals surface area contributed by atoms with Crippen LogP contribution >= 0.6 is 0 Å². The van der Waals surface area contributed by atoms with E-state index in [-0.39, 0.29) is 50.5 Å². The van der Waals surface area contributed by atoms with Crippen LogP contribution in [0.4, 0.5) is 0 Å². The highest BCUT2D eigenvalue weighted by Gasteiger charge is 2.73. The second kappa shape index (κ2) is 10.9. The number of allylic oxidation sites excluding steroid dienone is 1. The molecule has 10 heteroatoms. The zero-order valence-corrected chi connectivity index (χ0v) is 22.2. The molecule has 1 aromatic carbocycles. The molecule has 2 N–H and O–H groups in total. The van der Waals surface area contributed by atoms with Crippen molar-refractivity contribution < 1.29 is 33.8 Å². The number of ether oxygens (including phenoxy) is 2. The van der Waals surface area contributed by atoms with E-state index in [2.05, 4.69) is 5.32 Å². The van der Waals surface area contributed by atoms with Crippen molar-refractivity contribution >= 4 is 23.7 Å². The molecule has 1 spiro atoms. The third kappa shape index (κ3) is 4.76. The second-order valence-electron chi connectivity index (χ2n) is 10.7. The summed E-state index contributed by atoms with van der Waals surface area (Å²) in [6.07, 6.45) is 6.39. The van der Waals surface area contributed by atoms with Gasteiger partial charge >= 0.3 is 5.97 Å². The molecule has 0 aliphatic carbocycles. The maximum atomic E-state index is 14.1. The summed E-state index contributed by atoms with van der Waals surface area (Å²) < 4.78 is 12.3. The first-order chi connectivity index (χ1) is 18.8. The first-order valence-electron chi connectivity index (χ1n) is 13.5. The zero-order chi connectivity index (χ0) is 27.7. The van der Waals surface area contributed by atoms with Crippen molar-refractivity contribution in [3.8, 4) is 0 Å². The number of fused-ring (bicyclic) bond motifs is 2. The number of carbonyl (C=O) groups is 4. The summed E-state index contributed by atoms with van der Waals surface area (Å²) in [6, 6.07) is 7.89. The third-order valence-corrected chi connectivity index (χ3v) is 8.05. The molecule has 4 aliphatic heterocycles. The van der Waals surface area contributed by atoms with Crippen LogP contribution in [-0.2, 0) is 28.7 Å². The normalized spacial score (nSPS) is 33.9. The first kappa shape index (κ1) is 27.1. The Morgan fingerprint density at radius 3 is 2.59 bits per heavy atom. The number of β-amino-alcohol motifs (C(OH)–C–C–N with tert-alkyl or cyclic N) is 1. The van der Waals surface area contributed by atoms with E-state index in [0.717, 1.165) is 0 Å². The average molecular weight is 538 g/mol. The van der Waals surface area contributed by atoms with Crippen molar-refractivity contribution in [2.45, 2.75) is 56.6 Å². The monoisotopic (exact) mass is 537 g/mol. The van der Waals surface area contributed by atoms with E-state index in [1.165, 1.54) is 4.90 Å². The van der Waals surface area contributed by atoms with Gasteiger partial charge in [0.15, 0.2) is 0 Å². The molecule has 1 aromatic rings. The van der Waals surface area contributed by atoms with Gasteiger partial charge in [-0.2, -0.15) is 0 Å². The van der Waals surface area contributed by atoms with Crippen LogP contribution in [0.15, 0.2) is 54.6 Å². The van der Waals surface area contributed by atoms with E-state index in [4.69, 9.17) is 9.47 Å². The summed E-state index contributed by atoms with van der Waals surface area (Å²) in [5.74, 6) is -3.48. The first-order valence-corrected chi connectivity index (χ1v) is 13.5. The van der Waals surface area contributed by atoms with Crippen molar-refractivity contribution in [1.82, 2.24) is 15.1 Å². The molecule has 39 heavy (non-hydrogen) atoms. The summed E-state index contributed by atoms with van der Waals surface area (Å²) in [7, 11) is 0. The van der Waals surface area contributed by atoms with Crippen LogP contribution in [0.1, 0.15) is 38.4 Å². The van der Waals surface area contributed by atoms with Gasteiger partial charge in [0, 0.05) is 25.6 Å². The maximum absolute atomic E-state index is 14.1. The van der Waals surface area contributed by atoms with Gasteiger partial charge in [0.25, 0.3) is 0 Å². The Hall–Kier alpha value is -3.50. The minimum Gasteiger partial charge on any atom is -0.455 e. The molecule has 0 aromatic heterocycles. The van der Waals surface area contributed by atoms with Crippen LogP contribution in [0.3, 0.4) is 0 Å². The number of likely N-dealkylation sites (tertiary alicyclic amines) is 1. The molecule has 10 nitrogen and oxygen atoms in total. The summed E-state index contributed by atoms with van der Waals surface area (Å²) >= 11 is 0. The van der Waals surface area contributed by atoms with Crippen molar-refractivity contribution in [3.63, 3.8) is 0 Å². The molecule has 3 amide bonds. The number of amides is 3. The molecule has 5 rings (SSSR count). The topological polar surface area (TPSA) is 125 Å². The molecular weight excluding hydrogens is 502 g/mol. The molecule has 4 aliphatic rings. The predicted molar refractivity (Wildman–Crippen MR) is 140 cm³/mol. The second-order valence-corrected chi connectivity index (χ2v) is 10.7. The maximum Gasteiger partial charge on any atom is 0.313 e. The van der Waals surface area contributed by atoms with Gasteiger partial charge in [-0.05, 0) is 25.8 Å². The Morgan fingerprint density at radius 2 is 1.87 bits per heavy atom. The molecule has 2 fully saturated rings. The van der Waals surface area contributed by atoms with Gasteiger partial charge < -0.3 is 29.7 Å².